The predicted octanol–water partition coefficient (Wildman–Crippen LogP) is 3.86. The number of pyridine rings is 1. The maximum atomic E-state index is 14.0. The number of likely N-dealkylation sites (tertiary alicyclic amines) is 2. The minimum Gasteiger partial charge on any atom is -0.342 e. The Kier molecular flexibility index (Phi) is 6.24. The van der Waals surface area contributed by atoms with E-state index in [1.807, 2.05) is 24.3 Å². The molecule has 1 aromatic heterocycles. The first-order valence-corrected chi connectivity index (χ1v) is 10.8. The van der Waals surface area contributed by atoms with Gasteiger partial charge in [-0.25, -0.2) is 4.39 Å². The standard InChI is InChI=1S/C24H30FN3O/c1-27-14-11-18(12-15-27)24(29)28-13-5-7-20(17-28)23-10-4-8-21(26-23)16-19-6-2-3-9-22(19)25/h2-4,6,8-10,18,20H,5,7,11-17H2,1H3/t20-/m1/s1. The molecule has 1 amide bonds. The van der Waals surface area contributed by atoms with Crippen LogP contribution in [0.1, 0.15) is 48.6 Å². The quantitative estimate of drug-likeness (QED) is 0.789. The monoisotopic (exact) mass is 395 g/mol. The van der Waals surface area contributed by atoms with Crippen LogP contribution in [0.5, 0.6) is 0 Å². The number of aromatic nitrogens is 1. The number of amides is 1. The molecule has 3 heterocycles. The van der Waals surface area contributed by atoms with Crippen LogP contribution in [0.3, 0.4) is 0 Å². The lowest BCUT2D eigenvalue weighted by Gasteiger charge is -2.37. The summed E-state index contributed by atoms with van der Waals surface area (Å²) in [6, 6.07) is 12.9. The molecule has 2 saturated heterocycles. The molecule has 0 bridgehead atoms. The van der Waals surface area contributed by atoms with Gasteiger partial charge in [0.1, 0.15) is 5.82 Å². The number of halogens is 1. The van der Waals surface area contributed by atoms with Crippen LogP contribution in [0.25, 0.3) is 0 Å². The zero-order valence-corrected chi connectivity index (χ0v) is 17.2. The highest BCUT2D eigenvalue weighted by Gasteiger charge is 2.31. The van der Waals surface area contributed by atoms with E-state index < -0.39 is 0 Å². The first-order valence-electron chi connectivity index (χ1n) is 10.8. The summed E-state index contributed by atoms with van der Waals surface area (Å²) >= 11 is 0. The van der Waals surface area contributed by atoms with Gasteiger partial charge in [-0.05, 0) is 69.6 Å². The molecule has 4 nitrogen and oxygen atoms in total. The van der Waals surface area contributed by atoms with Crippen LogP contribution >= 0.6 is 0 Å². The van der Waals surface area contributed by atoms with Crippen molar-refractivity contribution in [3.8, 4) is 0 Å². The fraction of sp³-hybridized carbons (Fsp3) is 0.500. The first kappa shape index (κ1) is 20.0. The largest absolute Gasteiger partial charge is 0.342 e. The summed E-state index contributed by atoms with van der Waals surface area (Å²) in [6.45, 7) is 3.62. The average Bonchev–Trinajstić information content (AvgIpc) is 2.76. The van der Waals surface area contributed by atoms with E-state index in [1.54, 1.807) is 6.07 Å². The van der Waals surface area contributed by atoms with Gasteiger partial charge in [-0.1, -0.05) is 24.3 Å². The molecule has 0 unspecified atom stereocenters. The minimum atomic E-state index is -0.188. The molecule has 1 atom stereocenters. The number of benzene rings is 1. The van der Waals surface area contributed by atoms with E-state index in [9.17, 15) is 9.18 Å². The maximum absolute atomic E-state index is 14.0. The van der Waals surface area contributed by atoms with E-state index >= 15 is 0 Å². The Morgan fingerprint density at radius 3 is 2.66 bits per heavy atom. The van der Waals surface area contributed by atoms with Gasteiger partial charge in [-0.2, -0.15) is 0 Å². The van der Waals surface area contributed by atoms with Crippen molar-refractivity contribution >= 4 is 5.91 Å². The van der Waals surface area contributed by atoms with E-state index in [-0.39, 0.29) is 17.7 Å². The topological polar surface area (TPSA) is 36.4 Å². The summed E-state index contributed by atoms with van der Waals surface area (Å²) in [4.78, 5) is 22.2. The molecule has 0 spiro atoms. The fourth-order valence-corrected chi connectivity index (χ4v) is 4.59. The molecule has 4 rings (SSSR count). The number of rotatable bonds is 4. The van der Waals surface area contributed by atoms with E-state index in [0.29, 0.717) is 17.9 Å². The van der Waals surface area contributed by atoms with Crippen molar-refractivity contribution in [1.82, 2.24) is 14.8 Å². The van der Waals surface area contributed by atoms with E-state index in [1.165, 1.54) is 6.07 Å². The summed E-state index contributed by atoms with van der Waals surface area (Å²) < 4.78 is 14.0. The summed E-state index contributed by atoms with van der Waals surface area (Å²) in [6.07, 6.45) is 4.49. The Hall–Kier alpha value is -2.27. The van der Waals surface area contributed by atoms with Gasteiger partial charge in [-0.3, -0.25) is 9.78 Å². The third-order valence-corrected chi connectivity index (χ3v) is 6.38. The zero-order valence-electron chi connectivity index (χ0n) is 17.2. The molecule has 2 aliphatic heterocycles. The molecule has 2 aromatic rings. The van der Waals surface area contributed by atoms with Crippen molar-refractivity contribution in [2.45, 2.75) is 38.0 Å². The van der Waals surface area contributed by atoms with Crippen molar-refractivity contribution in [2.24, 2.45) is 5.92 Å². The molecular weight excluding hydrogens is 365 g/mol. The van der Waals surface area contributed by atoms with Gasteiger partial charge in [0.15, 0.2) is 0 Å². The number of carbonyl (C=O) groups excluding carboxylic acids is 1. The van der Waals surface area contributed by atoms with Crippen LogP contribution in [0.2, 0.25) is 0 Å². The molecule has 2 fully saturated rings. The smallest absolute Gasteiger partial charge is 0.225 e. The molecule has 0 aliphatic carbocycles. The van der Waals surface area contributed by atoms with Crippen LogP contribution in [0.4, 0.5) is 4.39 Å². The Labute approximate surface area is 172 Å². The predicted molar refractivity (Wildman–Crippen MR) is 112 cm³/mol. The highest BCUT2D eigenvalue weighted by atomic mass is 19.1. The molecular formula is C24H30FN3O. The van der Waals surface area contributed by atoms with Gasteiger partial charge in [0, 0.05) is 42.7 Å². The number of hydrogen-bond acceptors (Lipinski definition) is 3. The van der Waals surface area contributed by atoms with Gasteiger partial charge >= 0.3 is 0 Å². The lowest BCUT2D eigenvalue weighted by atomic mass is 9.90. The summed E-state index contributed by atoms with van der Waals surface area (Å²) in [5.41, 5.74) is 2.57. The van der Waals surface area contributed by atoms with Gasteiger partial charge in [-0.15, -0.1) is 0 Å². The zero-order chi connectivity index (χ0) is 20.2. The number of nitrogens with zero attached hydrogens (tertiary/aromatic N) is 3. The van der Waals surface area contributed by atoms with Crippen LogP contribution in [0.15, 0.2) is 42.5 Å². The number of piperidine rings is 2. The third kappa shape index (κ3) is 4.84. The fourth-order valence-electron chi connectivity index (χ4n) is 4.59. The highest BCUT2D eigenvalue weighted by Crippen LogP contribution is 2.29. The molecule has 0 N–H and O–H groups in total. The van der Waals surface area contributed by atoms with E-state index in [0.717, 1.165) is 63.3 Å². The van der Waals surface area contributed by atoms with Crippen LogP contribution in [-0.2, 0) is 11.2 Å². The first-order chi connectivity index (χ1) is 14.1. The van der Waals surface area contributed by atoms with Gasteiger partial charge in [0.2, 0.25) is 5.91 Å². The molecule has 5 heteroatoms. The molecule has 154 valence electrons. The Morgan fingerprint density at radius 1 is 1.07 bits per heavy atom. The number of hydrogen-bond donors (Lipinski definition) is 0. The molecule has 29 heavy (non-hydrogen) atoms. The summed E-state index contributed by atoms with van der Waals surface area (Å²) in [7, 11) is 2.12. The second-order valence-corrected chi connectivity index (χ2v) is 8.52. The molecule has 2 aliphatic rings. The Bertz CT molecular complexity index is 848. The van der Waals surface area contributed by atoms with Gasteiger partial charge in [0.25, 0.3) is 0 Å². The van der Waals surface area contributed by atoms with Crippen molar-refractivity contribution in [3.63, 3.8) is 0 Å². The highest BCUT2D eigenvalue weighted by molar-refractivity contribution is 5.79. The molecule has 0 saturated carbocycles. The molecule has 1 aromatic carbocycles. The van der Waals surface area contributed by atoms with E-state index in [2.05, 4.69) is 22.9 Å². The Balaban J connectivity index is 1.43. The van der Waals surface area contributed by atoms with Crippen molar-refractivity contribution in [3.05, 3.63) is 65.2 Å². The number of carbonyl (C=O) groups is 1. The van der Waals surface area contributed by atoms with Crippen molar-refractivity contribution in [1.29, 1.82) is 0 Å². The van der Waals surface area contributed by atoms with Crippen LogP contribution in [-0.4, -0.2) is 53.9 Å². The van der Waals surface area contributed by atoms with Crippen molar-refractivity contribution < 1.29 is 9.18 Å². The van der Waals surface area contributed by atoms with Crippen LogP contribution < -0.4 is 0 Å². The van der Waals surface area contributed by atoms with Gasteiger partial charge in [0.05, 0.1) is 0 Å². The lowest BCUT2D eigenvalue weighted by molar-refractivity contribution is -0.138. The third-order valence-electron chi connectivity index (χ3n) is 6.38. The maximum Gasteiger partial charge on any atom is 0.225 e. The Morgan fingerprint density at radius 2 is 1.86 bits per heavy atom. The minimum absolute atomic E-state index is 0.172. The van der Waals surface area contributed by atoms with Gasteiger partial charge < -0.3 is 9.80 Å². The SMILES string of the molecule is CN1CCC(C(=O)N2CCC[C@@H](c3cccc(Cc4ccccc4F)n3)C2)CC1. The second kappa shape index (κ2) is 9.04. The average molecular weight is 396 g/mol. The normalized spacial score (nSPS) is 21.3. The lowest BCUT2D eigenvalue weighted by Crippen LogP contribution is -2.45. The van der Waals surface area contributed by atoms with Crippen LogP contribution in [0, 0.1) is 11.7 Å². The second-order valence-electron chi connectivity index (χ2n) is 8.52. The van der Waals surface area contributed by atoms with Crippen molar-refractivity contribution in [2.75, 3.05) is 33.2 Å². The summed E-state index contributed by atoms with van der Waals surface area (Å²) in [5, 5.41) is 0. The van der Waals surface area contributed by atoms with E-state index in [4.69, 9.17) is 4.98 Å². The molecule has 0 radical (unpaired) electrons. The summed E-state index contributed by atoms with van der Waals surface area (Å²) in [5.74, 6) is 0.572.